The standard InChI is InChI=1S/C12H20N2O2/c1-9(2)5-6-16-10-7-13-11(14-8-10)12(3,4)15/h7-9,15H,5-6H2,1-4H3. The lowest BCUT2D eigenvalue weighted by atomic mass is 10.1. The first-order valence-corrected chi connectivity index (χ1v) is 5.57. The molecule has 1 aromatic rings. The molecular formula is C12H20N2O2. The average Bonchev–Trinajstić information content (AvgIpc) is 2.16. The van der Waals surface area contributed by atoms with E-state index in [0.29, 0.717) is 24.1 Å². The van der Waals surface area contributed by atoms with Crippen LogP contribution in [0.2, 0.25) is 0 Å². The highest BCUT2D eigenvalue weighted by Crippen LogP contribution is 2.16. The van der Waals surface area contributed by atoms with Crippen molar-refractivity contribution in [2.75, 3.05) is 6.61 Å². The van der Waals surface area contributed by atoms with E-state index in [2.05, 4.69) is 23.8 Å². The summed E-state index contributed by atoms with van der Waals surface area (Å²) in [6.07, 6.45) is 4.20. The van der Waals surface area contributed by atoms with Crippen molar-refractivity contribution in [2.24, 2.45) is 5.92 Å². The molecule has 0 saturated carbocycles. The second-order valence-corrected chi connectivity index (χ2v) is 4.83. The molecule has 0 radical (unpaired) electrons. The van der Waals surface area contributed by atoms with Crippen molar-refractivity contribution >= 4 is 0 Å². The van der Waals surface area contributed by atoms with E-state index >= 15 is 0 Å². The first kappa shape index (κ1) is 12.9. The number of hydrogen-bond acceptors (Lipinski definition) is 4. The predicted molar refractivity (Wildman–Crippen MR) is 62.2 cm³/mol. The quantitative estimate of drug-likeness (QED) is 0.832. The van der Waals surface area contributed by atoms with Gasteiger partial charge in [-0.05, 0) is 26.2 Å². The molecule has 16 heavy (non-hydrogen) atoms. The van der Waals surface area contributed by atoms with E-state index in [1.165, 1.54) is 0 Å². The zero-order chi connectivity index (χ0) is 12.2. The van der Waals surface area contributed by atoms with E-state index in [9.17, 15) is 5.11 Å². The Kier molecular flexibility index (Phi) is 4.24. The molecule has 0 amide bonds. The van der Waals surface area contributed by atoms with Gasteiger partial charge in [-0.3, -0.25) is 0 Å². The SMILES string of the molecule is CC(C)CCOc1cnc(C(C)(C)O)nc1. The van der Waals surface area contributed by atoms with Crippen LogP contribution in [0.25, 0.3) is 0 Å². The number of rotatable bonds is 5. The van der Waals surface area contributed by atoms with E-state index < -0.39 is 5.60 Å². The molecule has 90 valence electrons. The van der Waals surface area contributed by atoms with Crippen molar-refractivity contribution in [1.29, 1.82) is 0 Å². The Morgan fingerprint density at radius 2 is 1.88 bits per heavy atom. The number of aromatic nitrogens is 2. The van der Waals surface area contributed by atoms with Crippen LogP contribution < -0.4 is 4.74 Å². The fourth-order valence-corrected chi connectivity index (χ4v) is 1.12. The minimum Gasteiger partial charge on any atom is -0.490 e. The van der Waals surface area contributed by atoms with E-state index in [0.717, 1.165) is 6.42 Å². The highest BCUT2D eigenvalue weighted by Gasteiger charge is 2.19. The Morgan fingerprint density at radius 1 is 1.31 bits per heavy atom. The summed E-state index contributed by atoms with van der Waals surface area (Å²) in [6, 6.07) is 0. The monoisotopic (exact) mass is 224 g/mol. The summed E-state index contributed by atoms with van der Waals surface area (Å²) in [6.45, 7) is 8.28. The van der Waals surface area contributed by atoms with Gasteiger partial charge in [-0.2, -0.15) is 0 Å². The molecule has 0 atom stereocenters. The summed E-state index contributed by atoms with van der Waals surface area (Å²) < 4.78 is 5.48. The zero-order valence-corrected chi connectivity index (χ0v) is 10.4. The van der Waals surface area contributed by atoms with Gasteiger partial charge in [-0.15, -0.1) is 0 Å². The van der Waals surface area contributed by atoms with Gasteiger partial charge in [0, 0.05) is 0 Å². The topological polar surface area (TPSA) is 55.2 Å². The van der Waals surface area contributed by atoms with Gasteiger partial charge in [-0.1, -0.05) is 13.8 Å². The molecule has 0 saturated heterocycles. The summed E-state index contributed by atoms with van der Waals surface area (Å²) in [5.41, 5.74) is -1.00. The molecule has 1 aromatic heterocycles. The Morgan fingerprint density at radius 3 is 2.31 bits per heavy atom. The lowest BCUT2D eigenvalue weighted by molar-refractivity contribution is 0.0684. The van der Waals surface area contributed by atoms with Crippen LogP contribution in [0.3, 0.4) is 0 Å². The van der Waals surface area contributed by atoms with Crippen molar-refractivity contribution in [3.05, 3.63) is 18.2 Å². The van der Waals surface area contributed by atoms with E-state index in [1.54, 1.807) is 26.2 Å². The maximum absolute atomic E-state index is 9.66. The molecule has 0 aliphatic heterocycles. The number of hydrogen-bond donors (Lipinski definition) is 1. The molecule has 0 bridgehead atoms. The van der Waals surface area contributed by atoms with Gasteiger partial charge in [0.1, 0.15) is 5.60 Å². The molecular weight excluding hydrogens is 204 g/mol. The molecule has 4 nitrogen and oxygen atoms in total. The normalized spacial score (nSPS) is 11.9. The molecule has 0 unspecified atom stereocenters. The molecule has 0 fully saturated rings. The number of aliphatic hydroxyl groups is 1. The van der Waals surface area contributed by atoms with Crippen molar-refractivity contribution in [3.8, 4) is 5.75 Å². The summed E-state index contributed by atoms with van der Waals surface area (Å²) in [7, 11) is 0. The largest absolute Gasteiger partial charge is 0.490 e. The molecule has 4 heteroatoms. The van der Waals surface area contributed by atoms with Crippen LogP contribution in [0.4, 0.5) is 0 Å². The average molecular weight is 224 g/mol. The fraction of sp³-hybridized carbons (Fsp3) is 0.667. The zero-order valence-electron chi connectivity index (χ0n) is 10.4. The van der Waals surface area contributed by atoms with E-state index in [1.807, 2.05) is 0 Å². The Balaban J connectivity index is 2.52. The Hall–Kier alpha value is -1.16. The molecule has 1 N–H and O–H groups in total. The van der Waals surface area contributed by atoms with Gasteiger partial charge in [0.25, 0.3) is 0 Å². The minimum absolute atomic E-state index is 0.406. The lowest BCUT2D eigenvalue weighted by Crippen LogP contribution is -2.19. The van der Waals surface area contributed by atoms with Crippen LogP contribution in [-0.4, -0.2) is 21.7 Å². The van der Waals surface area contributed by atoms with Gasteiger partial charge in [0.2, 0.25) is 0 Å². The fourth-order valence-electron chi connectivity index (χ4n) is 1.12. The van der Waals surface area contributed by atoms with Crippen LogP contribution in [0.15, 0.2) is 12.4 Å². The molecule has 1 heterocycles. The second kappa shape index (κ2) is 5.25. The molecule has 1 rings (SSSR count). The Labute approximate surface area is 96.7 Å². The summed E-state index contributed by atoms with van der Waals surface area (Å²) in [4.78, 5) is 8.12. The number of ether oxygens (including phenoxy) is 1. The van der Waals surface area contributed by atoms with Crippen LogP contribution >= 0.6 is 0 Å². The Bertz CT molecular complexity index is 315. The van der Waals surface area contributed by atoms with Crippen LogP contribution in [-0.2, 0) is 5.60 Å². The maximum Gasteiger partial charge on any atom is 0.159 e. The van der Waals surface area contributed by atoms with Gasteiger partial charge in [0.15, 0.2) is 11.6 Å². The molecule has 0 aliphatic rings. The van der Waals surface area contributed by atoms with E-state index in [4.69, 9.17) is 4.74 Å². The highest BCUT2D eigenvalue weighted by molar-refractivity contribution is 5.14. The van der Waals surface area contributed by atoms with Gasteiger partial charge in [-0.25, -0.2) is 9.97 Å². The smallest absolute Gasteiger partial charge is 0.159 e. The first-order valence-electron chi connectivity index (χ1n) is 5.57. The van der Waals surface area contributed by atoms with Crippen molar-refractivity contribution in [1.82, 2.24) is 9.97 Å². The first-order chi connectivity index (χ1) is 7.39. The maximum atomic E-state index is 9.66. The molecule has 0 spiro atoms. The number of nitrogens with zero attached hydrogens (tertiary/aromatic N) is 2. The van der Waals surface area contributed by atoms with Gasteiger partial charge in [0.05, 0.1) is 19.0 Å². The second-order valence-electron chi connectivity index (χ2n) is 4.83. The third-order valence-corrected chi connectivity index (χ3v) is 2.14. The van der Waals surface area contributed by atoms with E-state index in [-0.39, 0.29) is 0 Å². The summed E-state index contributed by atoms with van der Waals surface area (Å²) in [5.74, 6) is 1.67. The highest BCUT2D eigenvalue weighted by atomic mass is 16.5. The van der Waals surface area contributed by atoms with Crippen molar-refractivity contribution in [2.45, 2.75) is 39.7 Å². The third kappa shape index (κ3) is 4.14. The van der Waals surface area contributed by atoms with Crippen LogP contribution in [0.5, 0.6) is 5.75 Å². The third-order valence-electron chi connectivity index (χ3n) is 2.14. The summed E-state index contributed by atoms with van der Waals surface area (Å²) in [5, 5.41) is 9.66. The molecule has 0 aromatic carbocycles. The summed E-state index contributed by atoms with van der Waals surface area (Å²) >= 11 is 0. The van der Waals surface area contributed by atoms with Gasteiger partial charge >= 0.3 is 0 Å². The molecule has 0 aliphatic carbocycles. The lowest BCUT2D eigenvalue weighted by Gasteiger charge is -2.15. The van der Waals surface area contributed by atoms with Gasteiger partial charge < -0.3 is 9.84 Å². The van der Waals surface area contributed by atoms with Crippen molar-refractivity contribution < 1.29 is 9.84 Å². The minimum atomic E-state index is -1.00. The predicted octanol–water partition coefficient (Wildman–Crippen LogP) is 2.13. The van der Waals surface area contributed by atoms with Crippen molar-refractivity contribution in [3.63, 3.8) is 0 Å². The van der Waals surface area contributed by atoms with Crippen LogP contribution in [0.1, 0.15) is 39.9 Å². The van der Waals surface area contributed by atoms with Crippen LogP contribution in [0, 0.1) is 5.92 Å².